The van der Waals surface area contributed by atoms with Gasteiger partial charge in [0, 0.05) is 18.1 Å². The molecule has 2 unspecified atom stereocenters. The molecule has 0 fully saturated rings. The van der Waals surface area contributed by atoms with E-state index in [9.17, 15) is 0 Å². The molecule has 2 atom stereocenters. The third kappa shape index (κ3) is 4.60. The van der Waals surface area contributed by atoms with E-state index in [1.54, 1.807) is 0 Å². The van der Waals surface area contributed by atoms with E-state index in [-0.39, 0.29) is 0 Å². The number of likely N-dealkylation sites (N-methyl/N-ethyl adjacent to an activating group) is 1. The van der Waals surface area contributed by atoms with E-state index in [0.29, 0.717) is 18.1 Å². The third-order valence-electron chi connectivity index (χ3n) is 4.01. The molecular weight excluding hydrogens is 244 g/mol. The zero-order valence-electron chi connectivity index (χ0n) is 14.1. The van der Waals surface area contributed by atoms with Gasteiger partial charge < -0.3 is 5.32 Å². The smallest absolute Gasteiger partial charge is 0.0475 e. The minimum Gasteiger partial charge on any atom is -0.309 e. The van der Waals surface area contributed by atoms with E-state index in [2.05, 4.69) is 76.0 Å². The molecule has 0 amide bonds. The number of rotatable bonds is 8. The van der Waals surface area contributed by atoms with Gasteiger partial charge in [-0.05, 0) is 52.8 Å². The van der Waals surface area contributed by atoms with Gasteiger partial charge in [-0.3, -0.25) is 4.90 Å². The molecule has 0 aliphatic carbocycles. The second-order valence-corrected chi connectivity index (χ2v) is 6.02. The topological polar surface area (TPSA) is 15.3 Å². The Labute approximate surface area is 125 Å². The van der Waals surface area contributed by atoms with Crippen LogP contribution >= 0.6 is 0 Å². The molecule has 0 aliphatic rings. The van der Waals surface area contributed by atoms with Crippen molar-refractivity contribution in [1.82, 2.24) is 10.2 Å². The highest BCUT2D eigenvalue weighted by atomic mass is 15.2. The Bertz CT molecular complexity index is 370. The molecule has 0 aromatic heterocycles. The Morgan fingerprint density at radius 3 is 2.10 bits per heavy atom. The van der Waals surface area contributed by atoms with E-state index >= 15 is 0 Å². The second-order valence-electron chi connectivity index (χ2n) is 6.02. The van der Waals surface area contributed by atoms with Crippen LogP contribution in [0.25, 0.3) is 0 Å². The minimum absolute atomic E-state index is 0.398. The first-order chi connectivity index (χ1) is 9.51. The van der Waals surface area contributed by atoms with Crippen molar-refractivity contribution < 1.29 is 0 Å². The van der Waals surface area contributed by atoms with Crippen molar-refractivity contribution in [2.45, 2.75) is 66.1 Å². The molecule has 0 aliphatic heterocycles. The molecule has 1 rings (SSSR count). The van der Waals surface area contributed by atoms with Gasteiger partial charge in [0.15, 0.2) is 0 Å². The van der Waals surface area contributed by atoms with Gasteiger partial charge in [0.2, 0.25) is 0 Å². The first kappa shape index (κ1) is 17.2. The van der Waals surface area contributed by atoms with Crippen molar-refractivity contribution in [3.63, 3.8) is 0 Å². The Morgan fingerprint density at radius 2 is 1.65 bits per heavy atom. The summed E-state index contributed by atoms with van der Waals surface area (Å²) in [7, 11) is 0. The summed E-state index contributed by atoms with van der Waals surface area (Å²) in [4.78, 5) is 2.60. The fraction of sp³-hybridized carbons (Fsp3) is 0.667. The zero-order valence-corrected chi connectivity index (χ0v) is 14.1. The van der Waals surface area contributed by atoms with Crippen molar-refractivity contribution in [1.29, 1.82) is 0 Å². The molecule has 0 bridgehead atoms. The normalized spacial score (nSPS) is 14.8. The fourth-order valence-corrected chi connectivity index (χ4v) is 2.94. The van der Waals surface area contributed by atoms with Crippen LogP contribution in [-0.2, 0) is 0 Å². The van der Waals surface area contributed by atoms with Gasteiger partial charge in [-0.2, -0.15) is 0 Å². The monoisotopic (exact) mass is 276 g/mol. The van der Waals surface area contributed by atoms with Crippen LogP contribution < -0.4 is 5.32 Å². The SMILES string of the molecule is CCCN(C(C)C)C(C)C(NCC)c1ccc(C)cc1. The first-order valence-corrected chi connectivity index (χ1v) is 8.06. The van der Waals surface area contributed by atoms with Gasteiger partial charge in [0.05, 0.1) is 0 Å². The molecule has 0 heterocycles. The van der Waals surface area contributed by atoms with Gasteiger partial charge in [0.1, 0.15) is 0 Å². The average Bonchev–Trinajstić information content (AvgIpc) is 2.42. The van der Waals surface area contributed by atoms with Crippen molar-refractivity contribution in [3.05, 3.63) is 35.4 Å². The first-order valence-electron chi connectivity index (χ1n) is 8.06. The molecule has 114 valence electrons. The Hall–Kier alpha value is -0.860. The van der Waals surface area contributed by atoms with E-state index in [1.807, 2.05) is 0 Å². The van der Waals surface area contributed by atoms with E-state index in [4.69, 9.17) is 0 Å². The highest BCUT2D eigenvalue weighted by molar-refractivity contribution is 5.25. The Kier molecular flexibility index (Phi) is 7.25. The van der Waals surface area contributed by atoms with Crippen molar-refractivity contribution in [3.8, 4) is 0 Å². The largest absolute Gasteiger partial charge is 0.309 e. The summed E-state index contributed by atoms with van der Waals surface area (Å²) < 4.78 is 0. The van der Waals surface area contributed by atoms with Crippen molar-refractivity contribution in [2.24, 2.45) is 0 Å². The van der Waals surface area contributed by atoms with Gasteiger partial charge in [-0.25, -0.2) is 0 Å². The second kappa shape index (κ2) is 8.43. The predicted octanol–water partition coefficient (Wildman–Crippen LogP) is 4.15. The molecule has 0 radical (unpaired) electrons. The lowest BCUT2D eigenvalue weighted by Gasteiger charge is -2.38. The molecule has 1 aromatic carbocycles. The lowest BCUT2D eigenvalue weighted by molar-refractivity contribution is 0.132. The number of hydrogen-bond donors (Lipinski definition) is 1. The van der Waals surface area contributed by atoms with E-state index in [0.717, 1.165) is 13.1 Å². The number of benzene rings is 1. The molecule has 0 saturated heterocycles. The minimum atomic E-state index is 0.398. The highest BCUT2D eigenvalue weighted by Gasteiger charge is 2.25. The van der Waals surface area contributed by atoms with Crippen LogP contribution in [0.4, 0.5) is 0 Å². The van der Waals surface area contributed by atoms with E-state index in [1.165, 1.54) is 17.5 Å². The molecule has 0 saturated carbocycles. The number of nitrogens with one attached hydrogen (secondary N) is 1. The summed E-state index contributed by atoms with van der Waals surface area (Å²) in [6, 6.07) is 10.4. The molecular formula is C18H32N2. The molecule has 0 spiro atoms. The molecule has 2 heteroatoms. The zero-order chi connectivity index (χ0) is 15.1. The fourth-order valence-electron chi connectivity index (χ4n) is 2.94. The van der Waals surface area contributed by atoms with Gasteiger partial charge >= 0.3 is 0 Å². The Balaban J connectivity index is 2.95. The summed E-state index contributed by atoms with van der Waals surface area (Å²) in [6.07, 6.45) is 1.20. The van der Waals surface area contributed by atoms with Crippen LogP contribution in [0.2, 0.25) is 0 Å². The van der Waals surface area contributed by atoms with Crippen LogP contribution in [0.15, 0.2) is 24.3 Å². The van der Waals surface area contributed by atoms with Gasteiger partial charge in [-0.1, -0.05) is 43.7 Å². The summed E-state index contributed by atoms with van der Waals surface area (Å²) in [5.74, 6) is 0. The predicted molar refractivity (Wildman–Crippen MR) is 89.2 cm³/mol. The summed E-state index contributed by atoms with van der Waals surface area (Å²) >= 11 is 0. The van der Waals surface area contributed by atoms with Gasteiger partial charge in [0.25, 0.3) is 0 Å². The summed E-state index contributed by atoms with van der Waals surface area (Å²) in [5, 5.41) is 3.67. The number of hydrogen-bond acceptors (Lipinski definition) is 2. The maximum atomic E-state index is 3.67. The van der Waals surface area contributed by atoms with Crippen LogP contribution in [0, 0.1) is 6.92 Å². The third-order valence-corrected chi connectivity index (χ3v) is 4.01. The maximum absolute atomic E-state index is 3.67. The molecule has 1 aromatic rings. The molecule has 1 N–H and O–H groups in total. The quantitative estimate of drug-likeness (QED) is 0.767. The summed E-state index contributed by atoms with van der Waals surface area (Å²) in [6.45, 7) is 15.7. The van der Waals surface area contributed by atoms with Crippen molar-refractivity contribution >= 4 is 0 Å². The lowest BCUT2D eigenvalue weighted by atomic mass is 9.97. The molecule has 20 heavy (non-hydrogen) atoms. The number of nitrogens with zero attached hydrogens (tertiary/aromatic N) is 1. The van der Waals surface area contributed by atoms with Crippen molar-refractivity contribution in [2.75, 3.05) is 13.1 Å². The van der Waals surface area contributed by atoms with E-state index < -0.39 is 0 Å². The highest BCUT2D eigenvalue weighted by Crippen LogP contribution is 2.23. The average molecular weight is 276 g/mol. The number of aryl methyl sites for hydroxylation is 1. The standard InChI is InChI=1S/C18H32N2/c1-7-13-20(14(3)4)16(6)18(19-8-2)17-11-9-15(5)10-12-17/h9-12,14,16,18-19H,7-8,13H2,1-6H3. The van der Waals surface area contributed by atoms with Crippen LogP contribution in [0.1, 0.15) is 58.2 Å². The van der Waals surface area contributed by atoms with Crippen LogP contribution in [0.5, 0.6) is 0 Å². The van der Waals surface area contributed by atoms with Crippen LogP contribution in [-0.4, -0.2) is 30.1 Å². The Morgan fingerprint density at radius 1 is 1.05 bits per heavy atom. The van der Waals surface area contributed by atoms with Crippen LogP contribution in [0.3, 0.4) is 0 Å². The summed E-state index contributed by atoms with van der Waals surface area (Å²) in [5.41, 5.74) is 2.72. The van der Waals surface area contributed by atoms with Gasteiger partial charge in [-0.15, -0.1) is 0 Å². The molecule has 2 nitrogen and oxygen atoms in total. The lowest BCUT2D eigenvalue weighted by Crippen LogP contribution is -2.46. The maximum Gasteiger partial charge on any atom is 0.0475 e.